The number of nitrogens with zero attached hydrogens (tertiary/aromatic N) is 1. The third kappa shape index (κ3) is 6.08. The number of nitrogens with one attached hydrogen (secondary N) is 1. The summed E-state index contributed by atoms with van der Waals surface area (Å²) in [6.45, 7) is 4.13. The van der Waals surface area contributed by atoms with Crippen LogP contribution in [0.15, 0.2) is 83.8 Å². The molecule has 6 nitrogen and oxygen atoms in total. The maximum absolute atomic E-state index is 13.5. The van der Waals surface area contributed by atoms with E-state index in [-0.39, 0.29) is 24.0 Å². The summed E-state index contributed by atoms with van der Waals surface area (Å²) in [5, 5.41) is 3.19. The number of sulfonamides is 1. The summed E-state index contributed by atoms with van der Waals surface area (Å²) >= 11 is 0. The molecule has 0 saturated heterocycles. The van der Waals surface area contributed by atoms with Crippen LogP contribution in [0.4, 0.5) is 11.4 Å². The minimum Gasteiger partial charge on any atom is -0.464 e. The average Bonchev–Trinajstić information content (AvgIpc) is 2.76. The Labute approximate surface area is 183 Å². The highest BCUT2D eigenvalue weighted by Crippen LogP contribution is 2.29. The SMILES string of the molecule is CC(=O)OCCNc1cc(C)cc(N(Cc2ccccc2)S(=O)(=O)c2ccccc2)c1. The molecular weight excluding hydrogens is 412 g/mol. The normalized spacial score (nSPS) is 11.0. The first-order valence-corrected chi connectivity index (χ1v) is 11.4. The fourth-order valence-corrected chi connectivity index (χ4v) is 4.64. The Morgan fingerprint density at radius 3 is 2.26 bits per heavy atom. The van der Waals surface area contributed by atoms with Gasteiger partial charge in [0.1, 0.15) is 6.61 Å². The highest BCUT2D eigenvalue weighted by atomic mass is 32.2. The monoisotopic (exact) mass is 438 g/mol. The molecule has 0 aliphatic carbocycles. The van der Waals surface area contributed by atoms with Crippen LogP contribution >= 0.6 is 0 Å². The molecule has 0 saturated carbocycles. The van der Waals surface area contributed by atoms with Crippen LogP contribution in [0.1, 0.15) is 18.1 Å². The van der Waals surface area contributed by atoms with E-state index in [1.54, 1.807) is 36.4 Å². The van der Waals surface area contributed by atoms with E-state index in [0.717, 1.165) is 16.8 Å². The van der Waals surface area contributed by atoms with E-state index in [0.29, 0.717) is 12.2 Å². The second-order valence-corrected chi connectivity index (χ2v) is 9.00. The number of anilines is 2. The number of hydrogen-bond donors (Lipinski definition) is 1. The molecule has 31 heavy (non-hydrogen) atoms. The molecule has 162 valence electrons. The van der Waals surface area contributed by atoms with Crippen molar-refractivity contribution in [1.82, 2.24) is 0 Å². The van der Waals surface area contributed by atoms with Gasteiger partial charge in [0.15, 0.2) is 0 Å². The molecule has 0 aliphatic heterocycles. The lowest BCUT2D eigenvalue weighted by atomic mass is 10.1. The summed E-state index contributed by atoms with van der Waals surface area (Å²) in [7, 11) is -3.79. The first-order chi connectivity index (χ1) is 14.9. The second-order valence-electron chi connectivity index (χ2n) is 7.13. The van der Waals surface area contributed by atoms with Crippen LogP contribution in [0.3, 0.4) is 0 Å². The van der Waals surface area contributed by atoms with E-state index in [2.05, 4.69) is 5.32 Å². The van der Waals surface area contributed by atoms with Gasteiger partial charge in [0.05, 0.1) is 17.1 Å². The molecule has 3 aromatic rings. The molecule has 0 bridgehead atoms. The highest BCUT2D eigenvalue weighted by molar-refractivity contribution is 7.92. The Morgan fingerprint density at radius 1 is 0.968 bits per heavy atom. The van der Waals surface area contributed by atoms with Gasteiger partial charge in [-0.25, -0.2) is 8.42 Å². The van der Waals surface area contributed by atoms with E-state index >= 15 is 0 Å². The number of carbonyl (C=O) groups excluding carboxylic acids is 1. The van der Waals surface area contributed by atoms with Crippen molar-refractivity contribution in [1.29, 1.82) is 0 Å². The summed E-state index contributed by atoms with van der Waals surface area (Å²) in [5.74, 6) is -0.338. The van der Waals surface area contributed by atoms with Crippen LogP contribution < -0.4 is 9.62 Å². The van der Waals surface area contributed by atoms with Crippen molar-refractivity contribution >= 4 is 27.4 Å². The van der Waals surface area contributed by atoms with Crippen molar-refractivity contribution in [3.8, 4) is 0 Å². The van der Waals surface area contributed by atoms with E-state index in [1.807, 2.05) is 49.4 Å². The lowest BCUT2D eigenvalue weighted by Gasteiger charge is -2.26. The molecule has 0 amide bonds. The summed E-state index contributed by atoms with van der Waals surface area (Å²) in [6.07, 6.45) is 0. The van der Waals surface area contributed by atoms with Gasteiger partial charge in [-0.1, -0.05) is 48.5 Å². The van der Waals surface area contributed by atoms with Crippen LogP contribution in [0.2, 0.25) is 0 Å². The third-order valence-corrected chi connectivity index (χ3v) is 6.37. The number of benzene rings is 3. The van der Waals surface area contributed by atoms with Crippen molar-refractivity contribution in [2.75, 3.05) is 22.8 Å². The molecule has 0 radical (unpaired) electrons. The molecule has 0 fully saturated rings. The number of ether oxygens (including phenoxy) is 1. The van der Waals surface area contributed by atoms with Gasteiger partial charge in [0.2, 0.25) is 0 Å². The van der Waals surface area contributed by atoms with Gasteiger partial charge in [0, 0.05) is 19.2 Å². The van der Waals surface area contributed by atoms with Crippen molar-refractivity contribution in [3.63, 3.8) is 0 Å². The predicted octanol–water partition coefficient (Wildman–Crippen LogP) is 4.37. The highest BCUT2D eigenvalue weighted by Gasteiger charge is 2.25. The maximum Gasteiger partial charge on any atom is 0.302 e. The zero-order chi connectivity index (χ0) is 22.3. The number of rotatable bonds is 9. The smallest absolute Gasteiger partial charge is 0.302 e. The Morgan fingerprint density at radius 2 is 1.61 bits per heavy atom. The Kier molecular flexibility index (Phi) is 7.31. The molecule has 3 rings (SSSR count). The number of esters is 1. The van der Waals surface area contributed by atoms with E-state index in [1.165, 1.54) is 11.2 Å². The van der Waals surface area contributed by atoms with Crippen LogP contribution in [0.5, 0.6) is 0 Å². The van der Waals surface area contributed by atoms with Crippen LogP contribution in [-0.2, 0) is 26.1 Å². The molecule has 0 heterocycles. The lowest BCUT2D eigenvalue weighted by Crippen LogP contribution is -2.30. The molecule has 0 spiro atoms. The molecule has 0 aromatic heterocycles. The molecule has 0 aliphatic rings. The Balaban J connectivity index is 1.96. The summed E-state index contributed by atoms with van der Waals surface area (Å²) in [6, 6.07) is 23.5. The number of carbonyl (C=O) groups is 1. The average molecular weight is 439 g/mol. The van der Waals surface area contributed by atoms with Crippen molar-refractivity contribution in [3.05, 3.63) is 90.0 Å². The van der Waals surface area contributed by atoms with Crippen molar-refractivity contribution in [2.45, 2.75) is 25.3 Å². The quantitative estimate of drug-likeness (QED) is 0.397. The number of aryl methyl sites for hydroxylation is 1. The predicted molar refractivity (Wildman–Crippen MR) is 123 cm³/mol. The molecular formula is C24H26N2O4S. The molecule has 0 atom stereocenters. The van der Waals surface area contributed by atoms with Crippen LogP contribution in [0, 0.1) is 6.92 Å². The zero-order valence-corrected chi connectivity index (χ0v) is 18.4. The fourth-order valence-electron chi connectivity index (χ4n) is 3.18. The van der Waals surface area contributed by atoms with Gasteiger partial charge in [-0.3, -0.25) is 9.10 Å². The van der Waals surface area contributed by atoms with E-state index < -0.39 is 10.0 Å². The fraction of sp³-hybridized carbons (Fsp3) is 0.208. The first kappa shape index (κ1) is 22.4. The molecule has 1 N–H and O–H groups in total. The number of hydrogen-bond acceptors (Lipinski definition) is 5. The standard InChI is InChI=1S/C24H26N2O4S/c1-19-15-22(25-13-14-30-20(2)27)17-23(16-19)26(18-21-9-5-3-6-10-21)31(28,29)24-11-7-4-8-12-24/h3-12,15-17,25H,13-14,18H2,1-2H3. The molecule has 3 aromatic carbocycles. The van der Waals surface area contributed by atoms with Crippen LogP contribution in [0.25, 0.3) is 0 Å². The Hall–Kier alpha value is -3.32. The van der Waals surface area contributed by atoms with Gasteiger partial charge in [0.25, 0.3) is 10.0 Å². The molecule has 0 unspecified atom stereocenters. The van der Waals surface area contributed by atoms with E-state index in [9.17, 15) is 13.2 Å². The molecule has 7 heteroatoms. The minimum absolute atomic E-state index is 0.203. The summed E-state index contributed by atoms with van der Waals surface area (Å²) < 4.78 is 33.5. The van der Waals surface area contributed by atoms with Gasteiger partial charge < -0.3 is 10.1 Å². The topological polar surface area (TPSA) is 75.7 Å². The summed E-state index contributed by atoms with van der Waals surface area (Å²) in [5.41, 5.74) is 3.10. The van der Waals surface area contributed by atoms with E-state index in [4.69, 9.17) is 4.74 Å². The largest absolute Gasteiger partial charge is 0.464 e. The maximum atomic E-state index is 13.5. The lowest BCUT2D eigenvalue weighted by molar-refractivity contribution is -0.140. The summed E-state index contributed by atoms with van der Waals surface area (Å²) in [4.78, 5) is 11.2. The van der Waals surface area contributed by atoms with Gasteiger partial charge in [-0.15, -0.1) is 0 Å². The van der Waals surface area contributed by atoms with Crippen LogP contribution in [-0.4, -0.2) is 27.5 Å². The van der Waals surface area contributed by atoms with Gasteiger partial charge in [-0.2, -0.15) is 0 Å². The van der Waals surface area contributed by atoms with Crippen molar-refractivity contribution in [2.24, 2.45) is 0 Å². The minimum atomic E-state index is -3.79. The van der Waals surface area contributed by atoms with Gasteiger partial charge >= 0.3 is 5.97 Å². The zero-order valence-electron chi connectivity index (χ0n) is 17.6. The third-order valence-electron chi connectivity index (χ3n) is 4.59. The van der Waals surface area contributed by atoms with Gasteiger partial charge in [-0.05, 0) is 48.4 Å². The first-order valence-electron chi connectivity index (χ1n) is 9.97. The second kappa shape index (κ2) is 10.1. The Bertz CT molecular complexity index is 1120. The van der Waals surface area contributed by atoms with Crippen molar-refractivity contribution < 1.29 is 17.9 Å².